The van der Waals surface area contributed by atoms with Gasteiger partial charge in [0.25, 0.3) is 0 Å². The van der Waals surface area contributed by atoms with Crippen molar-refractivity contribution in [3.05, 3.63) is 35.4 Å². The molecule has 1 aromatic rings. The number of nitrogens with one attached hydrogen (secondary N) is 1. The summed E-state index contributed by atoms with van der Waals surface area (Å²) in [6.07, 6.45) is 0. The standard InChI is InChI=1S/C12H16F2N2O.ClH/c1-8(16(3)12(17)7-15-2)10-6-9(13)4-5-11(10)14;/h4-6,8,15H,7H2,1-3H3;1H. The summed E-state index contributed by atoms with van der Waals surface area (Å²) in [6.45, 7) is 1.82. The minimum absolute atomic E-state index is 0. The van der Waals surface area contributed by atoms with E-state index in [2.05, 4.69) is 5.32 Å². The lowest BCUT2D eigenvalue weighted by Crippen LogP contribution is -2.36. The molecule has 1 unspecified atom stereocenters. The maximum Gasteiger partial charge on any atom is 0.236 e. The maximum absolute atomic E-state index is 13.5. The Bertz CT molecular complexity index is 415. The largest absolute Gasteiger partial charge is 0.338 e. The van der Waals surface area contributed by atoms with Crippen LogP contribution in [0.3, 0.4) is 0 Å². The van der Waals surface area contributed by atoms with Crippen molar-refractivity contribution >= 4 is 18.3 Å². The molecule has 6 heteroatoms. The highest BCUT2D eigenvalue weighted by Gasteiger charge is 2.20. The van der Waals surface area contributed by atoms with Gasteiger partial charge in [0.05, 0.1) is 12.6 Å². The van der Waals surface area contributed by atoms with Crippen LogP contribution in [0.25, 0.3) is 0 Å². The number of rotatable bonds is 4. The van der Waals surface area contributed by atoms with Gasteiger partial charge in [0.15, 0.2) is 0 Å². The van der Waals surface area contributed by atoms with Gasteiger partial charge in [-0.2, -0.15) is 0 Å². The second-order valence-electron chi connectivity index (χ2n) is 3.88. The Balaban J connectivity index is 0.00000289. The third-order valence-corrected chi connectivity index (χ3v) is 2.71. The molecule has 0 spiro atoms. The number of nitrogens with zero attached hydrogens (tertiary/aromatic N) is 1. The number of benzene rings is 1. The average Bonchev–Trinajstić information content (AvgIpc) is 2.30. The second kappa shape index (κ2) is 7.28. The fraction of sp³-hybridized carbons (Fsp3) is 0.417. The molecule has 3 nitrogen and oxygen atoms in total. The van der Waals surface area contributed by atoms with Crippen molar-refractivity contribution in [2.45, 2.75) is 13.0 Å². The molecule has 0 saturated carbocycles. The van der Waals surface area contributed by atoms with Crippen LogP contribution in [-0.4, -0.2) is 31.4 Å². The van der Waals surface area contributed by atoms with Gasteiger partial charge in [-0.1, -0.05) is 0 Å². The van der Waals surface area contributed by atoms with E-state index in [1.165, 1.54) is 4.90 Å². The van der Waals surface area contributed by atoms with E-state index in [-0.39, 0.29) is 30.4 Å². The second-order valence-corrected chi connectivity index (χ2v) is 3.88. The Labute approximate surface area is 112 Å². The first-order valence-electron chi connectivity index (χ1n) is 5.32. The average molecular weight is 279 g/mol. The van der Waals surface area contributed by atoms with Crippen LogP contribution in [0.15, 0.2) is 18.2 Å². The number of likely N-dealkylation sites (N-methyl/N-ethyl adjacent to an activating group) is 2. The summed E-state index contributed by atoms with van der Waals surface area (Å²) in [5.74, 6) is -1.20. The van der Waals surface area contributed by atoms with Crippen molar-refractivity contribution < 1.29 is 13.6 Å². The van der Waals surface area contributed by atoms with Gasteiger partial charge in [-0.25, -0.2) is 8.78 Å². The molecule has 0 saturated heterocycles. The zero-order valence-corrected chi connectivity index (χ0v) is 11.4. The summed E-state index contributed by atoms with van der Waals surface area (Å²) in [5.41, 5.74) is 0.178. The van der Waals surface area contributed by atoms with Gasteiger partial charge < -0.3 is 10.2 Å². The van der Waals surface area contributed by atoms with Crippen LogP contribution in [-0.2, 0) is 4.79 Å². The molecule has 1 N–H and O–H groups in total. The molecule has 0 aliphatic rings. The Morgan fingerprint density at radius 3 is 2.61 bits per heavy atom. The SMILES string of the molecule is CNCC(=O)N(C)C(C)c1cc(F)ccc1F.Cl. The lowest BCUT2D eigenvalue weighted by atomic mass is 10.1. The number of hydrogen-bond donors (Lipinski definition) is 1. The van der Waals surface area contributed by atoms with Crippen LogP contribution in [0.1, 0.15) is 18.5 Å². The van der Waals surface area contributed by atoms with Crippen LogP contribution in [0.5, 0.6) is 0 Å². The molecule has 18 heavy (non-hydrogen) atoms. The molecule has 1 atom stereocenters. The number of carbonyl (C=O) groups excluding carboxylic acids is 1. The zero-order valence-electron chi connectivity index (χ0n) is 10.5. The van der Waals surface area contributed by atoms with E-state index in [1.54, 1.807) is 21.0 Å². The van der Waals surface area contributed by atoms with Crippen LogP contribution in [0, 0.1) is 11.6 Å². The maximum atomic E-state index is 13.5. The summed E-state index contributed by atoms with van der Waals surface area (Å²) in [7, 11) is 3.22. The minimum Gasteiger partial charge on any atom is -0.338 e. The molecule has 102 valence electrons. The van der Waals surface area contributed by atoms with E-state index >= 15 is 0 Å². The van der Waals surface area contributed by atoms with Crippen LogP contribution in [0.2, 0.25) is 0 Å². The fourth-order valence-corrected chi connectivity index (χ4v) is 1.54. The van der Waals surface area contributed by atoms with Crippen molar-refractivity contribution in [1.82, 2.24) is 10.2 Å². The van der Waals surface area contributed by atoms with Gasteiger partial charge in [0, 0.05) is 12.6 Å². The van der Waals surface area contributed by atoms with E-state index < -0.39 is 17.7 Å². The van der Waals surface area contributed by atoms with Gasteiger partial charge in [-0.05, 0) is 32.2 Å². The third-order valence-electron chi connectivity index (χ3n) is 2.71. The van der Waals surface area contributed by atoms with Crippen molar-refractivity contribution in [3.8, 4) is 0 Å². The topological polar surface area (TPSA) is 32.3 Å². The molecular weight excluding hydrogens is 262 g/mol. The molecule has 0 bridgehead atoms. The molecule has 0 radical (unpaired) electrons. The zero-order chi connectivity index (χ0) is 13.0. The van der Waals surface area contributed by atoms with E-state index in [0.717, 1.165) is 18.2 Å². The molecule has 0 aromatic heterocycles. The van der Waals surface area contributed by atoms with Crippen molar-refractivity contribution in [2.24, 2.45) is 0 Å². The highest BCUT2D eigenvalue weighted by atomic mass is 35.5. The first-order valence-corrected chi connectivity index (χ1v) is 5.32. The molecule has 0 aliphatic heterocycles. The number of amides is 1. The van der Waals surface area contributed by atoms with Crippen molar-refractivity contribution in [2.75, 3.05) is 20.6 Å². The Morgan fingerprint density at radius 1 is 1.44 bits per heavy atom. The number of carbonyl (C=O) groups is 1. The lowest BCUT2D eigenvalue weighted by molar-refractivity contribution is -0.130. The fourth-order valence-electron chi connectivity index (χ4n) is 1.54. The molecule has 0 aliphatic carbocycles. The van der Waals surface area contributed by atoms with Gasteiger partial charge in [0.2, 0.25) is 5.91 Å². The van der Waals surface area contributed by atoms with E-state index in [0.29, 0.717) is 0 Å². The van der Waals surface area contributed by atoms with Gasteiger partial charge >= 0.3 is 0 Å². The summed E-state index contributed by atoms with van der Waals surface area (Å²) < 4.78 is 26.5. The van der Waals surface area contributed by atoms with Crippen LogP contribution in [0.4, 0.5) is 8.78 Å². The smallest absolute Gasteiger partial charge is 0.236 e. The molecule has 1 amide bonds. The Morgan fingerprint density at radius 2 is 2.06 bits per heavy atom. The highest BCUT2D eigenvalue weighted by Crippen LogP contribution is 2.22. The van der Waals surface area contributed by atoms with Gasteiger partial charge in [0.1, 0.15) is 11.6 Å². The highest BCUT2D eigenvalue weighted by molar-refractivity contribution is 5.85. The quantitative estimate of drug-likeness (QED) is 0.915. The number of hydrogen-bond acceptors (Lipinski definition) is 2. The summed E-state index contributed by atoms with van der Waals surface area (Å²) in [6, 6.07) is 2.73. The summed E-state index contributed by atoms with van der Waals surface area (Å²) >= 11 is 0. The first kappa shape index (κ1) is 16.8. The predicted octanol–water partition coefficient (Wildman–Crippen LogP) is 2.13. The first-order chi connectivity index (χ1) is 7.97. The Kier molecular flexibility index (Phi) is 6.80. The summed E-state index contributed by atoms with van der Waals surface area (Å²) in [4.78, 5) is 13.0. The molecule has 1 rings (SSSR count). The minimum atomic E-state index is -0.511. The van der Waals surface area contributed by atoms with Gasteiger partial charge in [-0.15, -0.1) is 12.4 Å². The van der Waals surface area contributed by atoms with Crippen LogP contribution >= 0.6 is 12.4 Å². The van der Waals surface area contributed by atoms with Crippen LogP contribution < -0.4 is 5.32 Å². The third kappa shape index (κ3) is 3.92. The molecule has 0 heterocycles. The van der Waals surface area contributed by atoms with E-state index in [9.17, 15) is 13.6 Å². The predicted molar refractivity (Wildman–Crippen MR) is 68.7 cm³/mol. The normalized spacial score (nSPS) is 11.6. The number of halogens is 3. The van der Waals surface area contributed by atoms with Gasteiger partial charge in [-0.3, -0.25) is 4.79 Å². The molecule has 1 aromatic carbocycles. The van der Waals surface area contributed by atoms with E-state index in [4.69, 9.17) is 0 Å². The van der Waals surface area contributed by atoms with E-state index in [1.807, 2.05) is 0 Å². The molecular formula is C12H17ClF2N2O. The summed E-state index contributed by atoms with van der Waals surface area (Å²) in [5, 5.41) is 2.72. The van der Waals surface area contributed by atoms with Crippen molar-refractivity contribution in [3.63, 3.8) is 0 Å². The monoisotopic (exact) mass is 278 g/mol. The Hall–Kier alpha value is -1.20. The van der Waals surface area contributed by atoms with Crippen molar-refractivity contribution in [1.29, 1.82) is 0 Å². The molecule has 0 fully saturated rings. The lowest BCUT2D eigenvalue weighted by Gasteiger charge is -2.25.